The van der Waals surface area contributed by atoms with Crippen LogP contribution < -0.4 is 4.74 Å². The van der Waals surface area contributed by atoms with Crippen molar-refractivity contribution in [2.24, 2.45) is 0 Å². The average Bonchev–Trinajstić information content (AvgIpc) is 2.56. The van der Waals surface area contributed by atoms with E-state index in [-0.39, 0.29) is 16.4 Å². The minimum absolute atomic E-state index is 0.00229. The SMILES string of the molecule is CCCCCCCc1cc(Oc2ccccc2O)ccc1S(=O)(=O)O. The Morgan fingerprint density at radius 2 is 1.72 bits per heavy atom. The Hall–Kier alpha value is -2.05. The summed E-state index contributed by atoms with van der Waals surface area (Å²) in [5.74, 6) is 0.705. The highest BCUT2D eigenvalue weighted by Crippen LogP contribution is 2.32. The first-order valence-electron chi connectivity index (χ1n) is 8.48. The second kappa shape index (κ2) is 8.87. The maximum atomic E-state index is 11.6. The topological polar surface area (TPSA) is 83.8 Å². The number of ether oxygens (including phenoxy) is 1. The Morgan fingerprint density at radius 3 is 2.40 bits per heavy atom. The van der Waals surface area contributed by atoms with Gasteiger partial charge < -0.3 is 9.84 Å². The normalized spacial score (nSPS) is 11.4. The predicted octanol–water partition coefficient (Wildman–Crippen LogP) is 4.94. The summed E-state index contributed by atoms with van der Waals surface area (Å²) in [6.07, 6.45) is 5.77. The molecule has 6 heteroatoms. The molecule has 0 heterocycles. The van der Waals surface area contributed by atoms with Crippen molar-refractivity contribution in [2.45, 2.75) is 50.3 Å². The Balaban J connectivity index is 2.20. The number of para-hydroxylation sites is 2. The van der Waals surface area contributed by atoms with E-state index >= 15 is 0 Å². The molecule has 0 radical (unpaired) electrons. The van der Waals surface area contributed by atoms with E-state index in [1.807, 2.05) is 0 Å². The van der Waals surface area contributed by atoms with Crippen LogP contribution in [0.1, 0.15) is 44.6 Å². The van der Waals surface area contributed by atoms with E-state index in [1.165, 1.54) is 18.2 Å². The summed E-state index contributed by atoms with van der Waals surface area (Å²) in [6.45, 7) is 2.14. The molecule has 0 aromatic heterocycles. The van der Waals surface area contributed by atoms with Crippen LogP contribution in [0.2, 0.25) is 0 Å². The Bertz CT molecular complexity index is 799. The van der Waals surface area contributed by atoms with E-state index in [0.717, 1.165) is 32.1 Å². The number of benzene rings is 2. The zero-order valence-electron chi connectivity index (χ0n) is 14.3. The van der Waals surface area contributed by atoms with Crippen LogP contribution in [-0.4, -0.2) is 18.1 Å². The van der Waals surface area contributed by atoms with Gasteiger partial charge in [-0.3, -0.25) is 4.55 Å². The summed E-state index contributed by atoms with van der Waals surface area (Å²) in [5.41, 5.74) is 0.520. The fraction of sp³-hybridized carbons (Fsp3) is 0.368. The highest BCUT2D eigenvalue weighted by molar-refractivity contribution is 7.85. The third-order valence-electron chi connectivity index (χ3n) is 3.95. The smallest absolute Gasteiger partial charge is 0.294 e. The van der Waals surface area contributed by atoms with Crippen molar-refractivity contribution in [3.63, 3.8) is 0 Å². The van der Waals surface area contributed by atoms with Crippen LogP contribution in [-0.2, 0) is 16.5 Å². The average molecular weight is 364 g/mol. The fourth-order valence-corrected chi connectivity index (χ4v) is 3.39. The summed E-state index contributed by atoms with van der Waals surface area (Å²) < 4.78 is 38.2. The molecule has 136 valence electrons. The molecule has 0 saturated heterocycles. The second-order valence-corrected chi connectivity index (χ2v) is 7.37. The summed E-state index contributed by atoms with van der Waals surface area (Å²) >= 11 is 0. The van der Waals surface area contributed by atoms with E-state index in [0.29, 0.717) is 17.7 Å². The number of unbranched alkanes of at least 4 members (excludes halogenated alkanes) is 4. The van der Waals surface area contributed by atoms with Gasteiger partial charge in [-0.05, 0) is 48.7 Å². The molecule has 0 amide bonds. The minimum Gasteiger partial charge on any atom is -0.504 e. The fourth-order valence-electron chi connectivity index (χ4n) is 2.66. The van der Waals surface area contributed by atoms with E-state index in [9.17, 15) is 18.1 Å². The molecule has 0 aliphatic heterocycles. The Labute approximate surface area is 149 Å². The number of phenolic OH excluding ortho intramolecular Hbond substituents is 1. The van der Waals surface area contributed by atoms with Crippen molar-refractivity contribution in [1.82, 2.24) is 0 Å². The lowest BCUT2D eigenvalue weighted by molar-refractivity contribution is 0.410. The molecule has 0 unspecified atom stereocenters. The molecule has 2 rings (SSSR count). The molecular formula is C19H24O5S. The van der Waals surface area contributed by atoms with Crippen LogP contribution in [0.5, 0.6) is 17.2 Å². The van der Waals surface area contributed by atoms with Gasteiger partial charge in [-0.25, -0.2) is 0 Å². The van der Waals surface area contributed by atoms with Gasteiger partial charge in [0.05, 0.1) is 4.90 Å². The van der Waals surface area contributed by atoms with Crippen LogP contribution in [0.3, 0.4) is 0 Å². The number of hydrogen-bond acceptors (Lipinski definition) is 4. The van der Waals surface area contributed by atoms with Crippen LogP contribution in [0.15, 0.2) is 47.4 Å². The molecule has 5 nitrogen and oxygen atoms in total. The molecule has 0 bridgehead atoms. The summed E-state index contributed by atoms with van der Waals surface area (Å²) in [6, 6.07) is 11.0. The first kappa shape index (κ1) is 19.3. The van der Waals surface area contributed by atoms with E-state index < -0.39 is 10.1 Å². The largest absolute Gasteiger partial charge is 0.504 e. The molecule has 0 aliphatic rings. The zero-order chi connectivity index (χ0) is 18.3. The number of aromatic hydroxyl groups is 1. The van der Waals surface area contributed by atoms with Gasteiger partial charge in [0, 0.05) is 0 Å². The van der Waals surface area contributed by atoms with Crippen LogP contribution in [0.25, 0.3) is 0 Å². The summed E-state index contributed by atoms with van der Waals surface area (Å²) in [5, 5.41) is 9.79. The number of aryl methyl sites for hydroxylation is 1. The van der Waals surface area contributed by atoms with E-state index in [2.05, 4.69) is 6.92 Å². The van der Waals surface area contributed by atoms with Gasteiger partial charge in [-0.15, -0.1) is 0 Å². The predicted molar refractivity (Wildman–Crippen MR) is 96.9 cm³/mol. The maximum Gasteiger partial charge on any atom is 0.294 e. The third kappa shape index (κ3) is 5.76. The number of rotatable bonds is 9. The van der Waals surface area contributed by atoms with E-state index in [1.54, 1.807) is 24.3 Å². The first-order valence-corrected chi connectivity index (χ1v) is 9.92. The first-order chi connectivity index (χ1) is 11.9. The second-order valence-electron chi connectivity index (χ2n) is 5.98. The minimum atomic E-state index is -4.28. The van der Waals surface area contributed by atoms with Gasteiger partial charge in [-0.2, -0.15) is 8.42 Å². The molecule has 0 fully saturated rings. The Kier molecular flexibility index (Phi) is 6.84. The van der Waals surface area contributed by atoms with Gasteiger partial charge >= 0.3 is 0 Å². The van der Waals surface area contributed by atoms with Crippen molar-refractivity contribution in [2.75, 3.05) is 0 Å². The molecule has 2 N–H and O–H groups in total. The molecule has 0 atom stereocenters. The summed E-state index contributed by atoms with van der Waals surface area (Å²) in [4.78, 5) is -0.0902. The van der Waals surface area contributed by atoms with Crippen molar-refractivity contribution in [3.8, 4) is 17.2 Å². The lowest BCUT2D eigenvalue weighted by atomic mass is 10.1. The van der Waals surface area contributed by atoms with Gasteiger partial charge in [-0.1, -0.05) is 44.7 Å². The summed E-state index contributed by atoms with van der Waals surface area (Å²) in [7, 11) is -4.28. The standard InChI is InChI=1S/C19H24O5S/c1-2-3-4-5-6-9-15-14-16(12-13-19(15)25(21,22)23)24-18-11-8-7-10-17(18)20/h7-8,10-14,20H,2-6,9H2,1H3,(H,21,22,23). The van der Waals surface area contributed by atoms with Gasteiger partial charge in [0.25, 0.3) is 10.1 Å². The van der Waals surface area contributed by atoms with Crippen molar-refractivity contribution >= 4 is 10.1 Å². The van der Waals surface area contributed by atoms with Gasteiger partial charge in [0.15, 0.2) is 11.5 Å². The monoisotopic (exact) mass is 364 g/mol. The molecule has 25 heavy (non-hydrogen) atoms. The van der Waals surface area contributed by atoms with Crippen LogP contribution in [0, 0.1) is 0 Å². The van der Waals surface area contributed by atoms with Crippen molar-refractivity contribution < 1.29 is 22.8 Å². The third-order valence-corrected chi connectivity index (χ3v) is 4.91. The highest BCUT2D eigenvalue weighted by Gasteiger charge is 2.16. The molecular weight excluding hydrogens is 340 g/mol. The van der Waals surface area contributed by atoms with Crippen molar-refractivity contribution in [1.29, 1.82) is 0 Å². The van der Waals surface area contributed by atoms with Gasteiger partial charge in [0.1, 0.15) is 5.75 Å². The number of hydrogen-bond donors (Lipinski definition) is 2. The van der Waals surface area contributed by atoms with Crippen molar-refractivity contribution in [3.05, 3.63) is 48.0 Å². The Morgan fingerprint density at radius 1 is 1.00 bits per heavy atom. The molecule has 0 aliphatic carbocycles. The zero-order valence-corrected chi connectivity index (χ0v) is 15.1. The molecule has 2 aromatic carbocycles. The quantitative estimate of drug-likeness (QED) is 0.486. The lowest BCUT2D eigenvalue weighted by Gasteiger charge is -2.12. The maximum absolute atomic E-state index is 11.6. The molecule has 0 spiro atoms. The number of phenols is 1. The molecule has 2 aromatic rings. The van der Waals surface area contributed by atoms with Gasteiger partial charge in [0.2, 0.25) is 0 Å². The highest BCUT2D eigenvalue weighted by atomic mass is 32.2. The van der Waals surface area contributed by atoms with Crippen LogP contribution in [0.4, 0.5) is 0 Å². The van der Waals surface area contributed by atoms with Crippen LogP contribution >= 0.6 is 0 Å². The van der Waals surface area contributed by atoms with E-state index in [4.69, 9.17) is 4.74 Å². The lowest BCUT2D eigenvalue weighted by Crippen LogP contribution is -2.04. The molecule has 0 saturated carbocycles.